The summed E-state index contributed by atoms with van der Waals surface area (Å²) in [5.74, 6) is 3.18. The maximum atomic E-state index is 11.8. The molecule has 4 fully saturated rings. The maximum Gasteiger partial charge on any atom is 0.409 e. The molecular formula is C28H49NO4. The van der Waals surface area contributed by atoms with E-state index < -0.39 is 0 Å². The van der Waals surface area contributed by atoms with Gasteiger partial charge in [0.1, 0.15) is 0 Å². The Hall–Kier alpha value is -0.810. The number of aliphatic hydroxyl groups excluding tert-OH is 2. The first-order chi connectivity index (χ1) is 15.6. The lowest BCUT2D eigenvalue weighted by Gasteiger charge is -2.64. The number of carbonyl (C=O) groups is 1. The molecule has 190 valence electrons. The second-order valence-electron chi connectivity index (χ2n) is 12.7. The van der Waals surface area contributed by atoms with Gasteiger partial charge in [-0.2, -0.15) is 0 Å². The number of amides is 1. The summed E-state index contributed by atoms with van der Waals surface area (Å²) >= 11 is 0. The number of nitrogens with zero attached hydrogens (tertiary/aromatic N) is 1. The number of fused-ring (bicyclic) bond motifs is 5. The first-order valence-electron chi connectivity index (χ1n) is 13.8. The van der Waals surface area contributed by atoms with E-state index in [0.29, 0.717) is 41.6 Å². The summed E-state index contributed by atoms with van der Waals surface area (Å²) in [5, 5.41) is 22.2. The number of ether oxygens (including phenoxy) is 1. The largest absolute Gasteiger partial charge is 0.449 e. The SMILES string of the molecule is CC[C@H]1[C@@H](O)[C@@H]2[C@H](CC[C@]3(C)[C@@H](CCCCOC(=O)N(C)C)CC[C@@H]23)[C@@]2(C)CC[C@@H](O)C[C@@H]12. The Morgan fingerprint density at radius 1 is 0.970 bits per heavy atom. The molecule has 4 aliphatic rings. The van der Waals surface area contributed by atoms with Crippen LogP contribution in [0.5, 0.6) is 0 Å². The summed E-state index contributed by atoms with van der Waals surface area (Å²) < 4.78 is 5.31. The minimum Gasteiger partial charge on any atom is -0.449 e. The van der Waals surface area contributed by atoms with Crippen molar-refractivity contribution in [2.75, 3.05) is 20.7 Å². The van der Waals surface area contributed by atoms with E-state index >= 15 is 0 Å². The lowest BCUT2D eigenvalue weighted by Crippen LogP contribution is -2.62. The van der Waals surface area contributed by atoms with Gasteiger partial charge in [0, 0.05) is 14.1 Å². The molecule has 0 aromatic carbocycles. The second-order valence-corrected chi connectivity index (χ2v) is 12.7. The lowest BCUT2D eigenvalue weighted by atomic mass is 9.41. The normalized spacial score (nSPS) is 46.8. The quantitative estimate of drug-likeness (QED) is 0.512. The van der Waals surface area contributed by atoms with Crippen molar-refractivity contribution in [1.29, 1.82) is 0 Å². The van der Waals surface area contributed by atoms with Crippen LogP contribution in [0.3, 0.4) is 0 Å². The molecule has 0 saturated heterocycles. The van der Waals surface area contributed by atoms with E-state index in [1.54, 1.807) is 14.1 Å². The van der Waals surface area contributed by atoms with Crippen LogP contribution in [-0.4, -0.2) is 54.1 Å². The molecule has 5 heteroatoms. The third-order valence-corrected chi connectivity index (χ3v) is 11.1. The van der Waals surface area contributed by atoms with Gasteiger partial charge in [0.25, 0.3) is 0 Å². The summed E-state index contributed by atoms with van der Waals surface area (Å²) in [6.07, 6.45) is 11.7. The molecule has 33 heavy (non-hydrogen) atoms. The number of unbranched alkanes of at least 4 members (excludes halogenated alkanes) is 1. The molecule has 0 bridgehead atoms. The highest BCUT2D eigenvalue weighted by atomic mass is 16.6. The van der Waals surface area contributed by atoms with Gasteiger partial charge >= 0.3 is 6.09 Å². The monoisotopic (exact) mass is 463 g/mol. The van der Waals surface area contributed by atoms with Crippen molar-refractivity contribution in [2.24, 2.45) is 46.3 Å². The predicted octanol–water partition coefficient (Wildman–Crippen LogP) is 5.48. The molecule has 0 heterocycles. The zero-order chi connectivity index (χ0) is 24.0. The van der Waals surface area contributed by atoms with E-state index in [-0.39, 0.29) is 23.7 Å². The average Bonchev–Trinajstić information content (AvgIpc) is 3.11. The molecule has 2 N–H and O–H groups in total. The van der Waals surface area contributed by atoms with Gasteiger partial charge in [-0.15, -0.1) is 0 Å². The molecule has 4 saturated carbocycles. The molecule has 4 rings (SSSR count). The highest BCUT2D eigenvalue weighted by Gasteiger charge is 2.64. The van der Waals surface area contributed by atoms with E-state index in [1.807, 2.05) is 0 Å². The predicted molar refractivity (Wildman–Crippen MR) is 131 cm³/mol. The molecule has 0 aromatic rings. The number of hydrogen-bond donors (Lipinski definition) is 2. The summed E-state index contributed by atoms with van der Waals surface area (Å²) in [5.41, 5.74) is 0.609. The third-order valence-electron chi connectivity index (χ3n) is 11.1. The van der Waals surface area contributed by atoms with Crippen molar-refractivity contribution >= 4 is 6.09 Å². The summed E-state index contributed by atoms with van der Waals surface area (Å²) in [7, 11) is 3.44. The fourth-order valence-corrected chi connectivity index (χ4v) is 9.32. The van der Waals surface area contributed by atoms with E-state index in [0.717, 1.165) is 44.4 Å². The van der Waals surface area contributed by atoms with Gasteiger partial charge in [-0.3, -0.25) is 0 Å². The zero-order valence-corrected chi connectivity index (χ0v) is 21.8. The fourth-order valence-electron chi connectivity index (χ4n) is 9.32. The molecule has 5 nitrogen and oxygen atoms in total. The highest BCUT2D eigenvalue weighted by molar-refractivity contribution is 5.66. The first-order valence-corrected chi connectivity index (χ1v) is 13.8. The van der Waals surface area contributed by atoms with Gasteiger partial charge in [-0.25, -0.2) is 4.79 Å². The third kappa shape index (κ3) is 4.35. The van der Waals surface area contributed by atoms with Crippen molar-refractivity contribution in [1.82, 2.24) is 4.90 Å². The standard InChI is InChI=1S/C28H49NO4/c1-6-20-23-17-19(30)12-14-28(23,3)22-13-15-27(2)18(10-11-21(27)24(22)25(20)31)9-7-8-16-33-26(32)29(4)5/h18-25,30-31H,6-17H2,1-5H3/t18-,19+,20+,21-,22-,23-,24-,25+,27+,28+/m0/s1. The molecule has 0 aromatic heterocycles. The van der Waals surface area contributed by atoms with Crippen molar-refractivity contribution in [3.8, 4) is 0 Å². The minimum atomic E-state index is -0.250. The van der Waals surface area contributed by atoms with Crippen LogP contribution in [0.25, 0.3) is 0 Å². The molecule has 0 unspecified atom stereocenters. The molecule has 1 amide bonds. The van der Waals surface area contributed by atoms with Gasteiger partial charge in [-0.1, -0.05) is 27.2 Å². The smallest absolute Gasteiger partial charge is 0.409 e. The Balaban J connectivity index is 1.43. The summed E-state index contributed by atoms with van der Waals surface area (Å²) in [4.78, 5) is 13.1. The van der Waals surface area contributed by atoms with Crippen molar-refractivity contribution in [3.63, 3.8) is 0 Å². The summed E-state index contributed by atoms with van der Waals surface area (Å²) in [6.45, 7) is 7.81. The van der Waals surface area contributed by atoms with Gasteiger partial charge < -0.3 is 19.8 Å². The van der Waals surface area contributed by atoms with E-state index in [2.05, 4.69) is 20.8 Å². The first kappa shape index (κ1) is 25.3. The molecule has 4 aliphatic carbocycles. The van der Waals surface area contributed by atoms with Crippen molar-refractivity contribution in [3.05, 3.63) is 0 Å². The topological polar surface area (TPSA) is 70.0 Å². The molecule has 10 atom stereocenters. The molecule has 0 radical (unpaired) electrons. The lowest BCUT2D eigenvalue weighted by molar-refractivity contribution is -0.202. The van der Waals surface area contributed by atoms with Crippen LogP contribution in [0.1, 0.15) is 91.4 Å². The Morgan fingerprint density at radius 3 is 2.36 bits per heavy atom. The Labute approximate surface area is 201 Å². The Kier molecular flexibility index (Phi) is 7.42. The number of rotatable bonds is 6. The van der Waals surface area contributed by atoms with E-state index in [1.165, 1.54) is 37.0 Å². The van der Waals surface area contributed by atoms with Gasteiger partial charge in [0.2, 0.25) is 0 Å². The minimum absolute atomic E-state index is 0.178. The van der Waals surface area contributed by atoms with E-state index in [9.17, 15) is 15.0 Å². The number of hydrogen-bond acceptors (Lipinski definition) is 4. The van der Waals surface area contributed by atoms with Crippen LogP contribution in [-0.2, 0) is 4.74 Å². The Morgan fingerprint density at radius 2 is 1.67 bits per heavy atom. The Bertz CT molecular complexity index is 697. The molecule has 0 aliphatic heterocycles. The van der Waals surface area contributed by atoms with Gasteiger partial charge in [0.15, 0.2) is 0 Å². The van der Waals surface area contributed by atoms with Gasteiger partial charge in [-0.05, 0) is 111 Å². The average molecular weight is 464 g/mol. The van der Waals surface area contributed by atoms with Crippen LogP contribution in [0.15, 0.2) is 0 Å². The maximum absolute atomic E-state index is 11.8. The summed E-state index contributed by atoms with van der Waals surface area (Å²) in [6, 6.07) is 0. The van der Waals surface area contributed by atoms with E-state index in [4.69, 9.17) is 4.74 Å². The van der Waals surface area contributed by atoms with Crippen molar-refractivity contribution < 1.29 is 19.7 Å². The van der Waals surface area contributed by atoms with Crippen LogP contribution in [0, 0.1) is 46.3 Å². The fraction of sp³-hybridized carbons (Fsp3) is 0.964. The number of carbonyl (C=O) groups excluding carboxylic acids is 1. The molecular weight excluding hydrogens is 414 g/mol. The molecule has 0 spiro atoms. The second kappa shape index (κ2) is 9.68. The highest BCUT2D eigenvalue weighted by Crippen LogP contribution is 2.69. The van der Waals surface area contributed by atoms with Gasteiger partial charge in [0.05, 0.1) is 18.8 Å². The zero-order valence-electron chi connectivity index (χ0n) is 21.8. The van der Waals surface area contributed by atoms with Crippen molar-refractivity contribution in [2.45, 2.75) is 104 Å². The number of aliphatic hydroxyl groups is 2. The van der Waals surface area contributed by atoms with Crippen LogP contribution < -0.4 is 0 Å². The van der Waals surface area contributed by atoms with Crippen LogP contribution >= 0.6 is 0 Å². The van der Waals surface area contributed by atoms with Crippen LogP contribution in [0.2, 0.25) is 0 Å². The van der Waals surface area contributed by atoms with Crippen LogP contribution in [0.4, 0.5) is 4.79 Å².